The molecule has 0 fully saturated rings. The number of hydrogen-bond acceptors (Lipinski definition) is 4. The van der Waals surface area contributed by atoms with Crippen LogP contribution in [-0.4, -0.2) is 93.9 Å². The van der Waals surface area contributed by atoms with Crippen LogP contribution in [0.25, 0.3) is 0 Å². The van der Waals surface area contributed by atoms with Gasteiger partial charge in [0, 0.05) is 0 Å². The molecule has 0 aromatic rings. The summed E-state index contributed by atoms with van der Waals surface area (Å²) in [6.07, 6.45) is -40.1. The van der Waals surface area contributed by atoms with Crippen LogP contribution in [0.3, 0.4) is 0 Å². The fraction of sp³-hybridized carbons (Fsp3) is 0.643. The number of halogens is 21. The van der Waals surface area contributed by atoms with Crippen molar-refractivity contribution in [2.24, 2.45) is 0 Å². The number of rotatable bonds is 16. The van der Waals surface area contributed by atoms with Gasteiger partial charge in [-0.2, -0.15) is 92.2 Å². The van der Waals surface area contributed by atoms with E-state index >= 15 is 0 Å². The lowest BCUT2D eigenvalue weighted by atomic mass is 10.4. The molecule has 0 radical (unpaired) electrons. The highest BCUT2D eigenvalue weighted by Crippen LogP contribution is 2.57. The van der Waals surface area contributed by atoms with Crippen molar-refractivity contribution >= 4 is 25.2 Å². The van der Waals surface area contributed by atoms with Crippen molar-refractivity contribution in [2.45, 2.75) is 100 Å². The smallest absolute Gasteiger partial charge is 0.379 e. The van der Waals surface area contributed by atoms with Crippen LogP contribution in [0.5, 0.6) is 0 Å². The van der Waals surface area contributed by atoms with Crippen LogP contribution >= 0.6 is 0 Å². The molecule has 0 N–H and O–H groups in total. The van der Waals surface area contributed by atoms with Gasteiger partial charge in [0.25, 0.3) is 0 Å². The minimum Gasteiger partial charge on any atom is -0.379 e. The summed E-state index contributed by atoms with van der Waals surface area (Å²) in [5.41, 5.74) is -3.17. The first-order valence-electron chi connectivity index (χ1n) is 14.8. The highest BCUT2D eigenvalue weighted by Gasteiger charge is 2.70. The van der Waals surface area contributed by atoms with Crippen LogP contribution in [0.2, 0.25) is 17.1 Å². The van der Waals surface area contributed by atoms with E-state index in [-0.39, 0.29) is 5.70 Å². The largest absolute Gasteiger partial charge is 0.413 e. The molecule has 4 unspecified atom stereocenters. The maximum atomic E-state index is 12.7. The Labute approximate surface area is 310 Å². The molecular formula is C28H37F21O4Si3. The van der Waals surface area contributed by atoms with E-state index in [9.17, 15) is 92.2 Å². The third kappa shape index (κ3) is 19.9. The molecule has 0 aliphatic carbocycles. The van der Waals surface area contributed by atoms with Gasteiger partial charge in [0.1, 0.15) is 39.0 Å². The van der Waals surface area contributed by atoms with E-state index in [2.05, 4.69) is 50.6 Å². The Morgan fingerprint density at radius 2 is 0.732 bits per heavy atom. The van der Waals surface area contributed by atoms with Gasteiger partial charge in [0.2, 0.25) is 0 Å². The van der Waals surface area contributed by atoms with Crippen LogP contribution in [0, 0.1) is 0 Å². The quantitative estimate of drug-likeness (QED) is 0.114. The van der Waals surface area contributed by atoms with Gasteiger partial charge in [-0.15, -0.1) is 32.9 Å². The van der Waals surface area contributed by atoms with Gasteiger partial charge in [-0.05, 0) is 36.6 Å². The summed E-state index contributed by atoms with van der Waals surface area (Å²) < 4.78 is 278. The van der Waals surface area contributed by atoms with Crippen LogP contribution in [0.4, 0.5) is 92.2 Å². The summed E-state index contributed by atoms with van der Waals surface area (Å²) in [4.78, 5) is 0. The van der Waals surface area contributed by atoms with Gasteiger partial charge in [-0.25, -0.2) is 0 Å². The molecule has 0 rings (SSSR count). The Kier molecular flexibility index (Phi) is 21.9. The predicted molar refractivity (Wildman–Crippen MR) is 167 cm³/mol. The highest BCUT2D eigenvalue weighted by molar-refractivity contribution is 6.87. The number of hydrogen-bond donors (Lipinski definition) is 0. The summed E-state index contributed by atoms with van der Waals surface area (Å²) in [5.74, 6) is 0. The molecule has 56 heavy (non-hydrogen) atoms. The molecule has 0 bridgehead atoms. The van der Waals surface area contributed by atoms with Gasteiger partial charge in [0.05, 0.1) is 5.54 Å². The molecule has 0 amide bonds. The van der Waals surface area contributed by atoms with Crippen LogP contribution in [0.15, 0.2) is 61.4 Å². The summed E-state index contributed by atoms with van der Waals surface area (Å²) in [6, 6.07) is -0.860. The molecule has 0 aromatic heterocycles. The Morgan fingerprint density at radius 1 is 0.446 bits per heavy atom. The average molecular weight is 921 g/mol. The second-order valence-corrected chi connectivity index (χ2v) is 21.5. The second kappa shape index (κ2) is 21.1. The van der Waals surface area contributed by atoms with Gasteiger partial charge >= 0.3 is 60.4 Å². The SMILES string of the molecule is C=C[Si](C=C)(OC(C)C(F)(F)F)OC(C)C(F)(F)F.C=C[Si](C=C)(OCC(F)(F)F)OCC(F)(F)F.C=C[Si](CC)(C(C)C(F)(F)F)C(C(F)(F)F)C(F)(F)F. The van der Waals surface area contributed by atoms with E-state index < -0.39 is 111 Å². The molecule has 28 heteroatoms. The first-order valence-corrected chi connectivity index (χ1v) is 21.2. The minimum absolute atomic E-state index is 0.261. The summed E-state index contributed by atoms with van der Waals surface area (Å²) in [6.45, 7) is 14.6. The lowest BCUT2D eigenvalue weighted by molar-refractivity contribution is -0.234. The third-order valence-corrected chi connectivity index (χ3v) is 17.8. The lowest BCUT2D eigenvalue weighted by Gasteiger charge is -2.42. The van der Waals surface area contributed by atoms with E-state index in [4.69, 9.17) is 0 Å². The zero-order chi connectivity index (χ0) is 45.8. The maximum Gasteiger partial charge on any atom is 0.413 e. The van der Waals surface area contributed by atoms with Crippen molar-refractivity contribution in [3.05, 3.63) is 61.4 Å². The molecule has 0 aromatic carbocycles. The second-order valence-electron chi connectivity index (χ2n) is 11.1. The summed E-state index contributed by atoms with van der Waals surface area (Å²) >= 11 is 0. The zero-order valence-corrected chi connectivity index (χ0v) is 32.4. The molecule has 0 saturated carbocycles. The molecule has 4 atom stereocenters. The van der Waals surface area contributed by atoms with Crippen molar-refractivity contribution < 1.29 is 110 Å². The van der Waals surface area contributed by atoms with Gasteiger partial charge in [-0.1, -0.05) is 25.6 Å². The fourth-order valence-corrected chi connectivity index (χ4v) is 11.7. The normalized spacial score (nSPS) is 16.5. The van der Waals surface area contributed by atoms with Crippen molar-refractivity contribution in [3.63, 3.8) is 0 Å². The van der Waals surface area contributed by atoms with Crippen molar-refractivity contribution in [3.8, 4) is 0 Å². The monoisotopic (exact) mass is 920 g/mol. The Bertz CT molecular complexity index is 1160. The molecule has 0 heterocycles. The molecule has 332 valence electrons. The minimum atomic E-state index is -5.80. The molecule has 4 nitrogen and oxygen atoms in total. The first-order chi connectivity index (χ1) is 24.6. The highest BCUT2D eigenvalue weighted by atomic mass is 28.4. The Balaban J connectivity index is -0.000000755. The Morgan fingerprint density at radius 3 is 0.893 bits per heavy atom. The molecule has 0 aliphatic heterocycles. The van der Waals surface area contributed by atoms with Crippen LogP contribution in [0.1, 0.15) is 27.7 Å². The van der Waals surface area contributed by atoms with Crippen LogP contribution < -0.4 is 0 Å². The van der Waals surface area contributed by atoms with Crippen molar-refractivity contribution in [1.82, 2.24) is 0 Å². The Hall–Kier alpha value is -2.28. The topological polar surface area (TPSA) is 36.9 Å². The van der Waals surface area contributed by atoms with E-state index in [0.717, 1.165) is 29.7 Å². The van der Waals surface area contributed by atoms with E-state index in [0.29, 0.717) is 20.8 Å². The summed E-state index contributed by atoms with van der Waals surface area (Å²) in [5, 5.41) is 0. The predicted octanol–water partition coefficient (Wildman–Crippen LogP) is 12.5. The van der Waals surface area contributed by atoms with Crippen molar-refractivity contribution in [1.29, 1.82) is 0 Å². The fourth-order valence-electron chi connectivity index (χ4n) is 4.04. The van der Waals surface area contributed by atoms with Gasteiger partial charge in [0.15, 0.2) is 0 Å². The average Bonchev–Trinajstić information content (AvgIpc) is 3.00. The first kappa shape index (κ1) is 58.0. The van der Waals surface area contributed by atoms with Gasteiger partial charge < -0.3 is 17.7 Å². The molecule has 0 spiro atoms. The van der Waals surface area contributed by atoms with Crippen LogP contribution in [-0.2, 0) is 17.7 Å². The molecule has 0 aliphatic rings. The number of alkyl halides is 21. The standard InChI is InChI=1S/C10H13F9Si.C10H14F6O2Si.C8H10F6O2Si/c1-4-20(5-2,6(3)8(11,12)13)7(9(14,15)16)10(17,18)19;1-5-19(6-2,17-7(3)9(11,12)13)18-8(4)10(14,15)16;1-3-17(4-2,15-5-7(9,10)11)16-6-8(12,13)14/h4,6-7H,1,5H2,2-3H3;5-8H,1-2H2,3-4H3;3-4H,1-2,5-6H2. The van der Waals surface area contributed by atoms with E-state index in [1.54, 1.807) is 0 Å². The zero-order valence-electron chi connectivity index (χ0n) is 29.4. The molecular weight excluding hydrogens is 884 g/mol. The van der Waals surface area contributed by atoms with E-state index in [1.165, 1.54) is 0 Å². The van der Waals surface area contributed by atoms with Gasteiger partial charge in [-0.3, -0.25) is 0 Å². The van der Waals surface area contributed by atoms with E-state index in [1.807, 2.05) is 0 Å². The molecule has 0 saturated heterocycles. The maximum absolute atomic E-state index is 12.7. The van der Waals surface area contributed by atoms with Crippen molar-refractivity contribution in [2.75, 3.05) is 13.2 Å². The third-order valence-electron chi connectivity index (χ3n) is 7.19. The lowest BCUT2D eigenvalue weighted by Crippen LogP contribution is -2.56. The summed E-state index contributed by atoms with van der Waals surface area (Å²) in [7, 11) is -12.9.